The fourth-order valence-corrected chi connectivity index (χ4v) is 3.91. The van der Waals surface area contributed by atoms with Gasteiger partial charge >= 0.3 is 11.9 Å². The number of nitrogen functional groups attached to an aromatic ring is 1. The minimum Gasteiger partial charge on any atom is -0.392 e. The number of esters is 2. The van der Waals surface area contributed by atoms with E-state index >= 15 is 0 Å². The maximum Gasteiger partial charge on any atom is 0.327 e. The molecule has 1 aliphatic heterocycles. The lowest BCUT2D eigenvalue weighted by Gasteiger charge is -2.31. The van der Waals surface area contributed by atoms with Gasteiger partial charge in [0.2, 0.25) is 0 Å². The number of nitrogens with one attached hydrogen (secondary N) is 2. The summed E-state index contributed by atoms with van der Waals surface area (Å²) in [7, 11) is 0. The fourth-order valence-electron chi connectivity index (χ4n) is 3.12. The van der Waals surface area contributed by atoms with Crippen LogP contribution in [0.25, 0.3) is 11.3 Å². The predicted octanol–water partition coefficient (Wildman–Crippen LogP) is 2.45. The number of piperidine rings is 1. The summed E-state index contributed by atoms with van der Waals surface area (Å²) in [6.45, 7) is 3.34. The van der Waals surface area contributed by atoms with Crippen LogP contribution < -0.4 is 11.1 Å². The number of amidine groups is 1. The van der Waals surface area contributed by atoms with Crippen molar-refractivity contribution in [1.82, 2.24) is 9.88 Å². The highest BCUT2D eigenvalue weighted by molar-refractivity contribution is 7.14. The number of likely N-dealkylation sites (tertiary alicyclic amines) is 1. The highest BCUT2D eigenvalue weighted by atomic mass is 32.1. The first-order valence-corrected chi connectivity index (χ1v) is 10.4. The Balaban J connectivity index is 1.48. The molecule has 0 spiro atoms. The zero-order valence-electron chi connectivity index (χ0n) is 16.3. The van der Waals surface area contributed by atoms with Crippen LogP contribution in [0.3, 0.4) is 0 Å². The van der Waals surface area contributed by atoms with Crippen molar-refractivity contribution < 1.29 is 14.3 Å². The molecule has 8 nitrogen and oxygen atoms in total. The van der Waals surface area contributed by atoms with Gasteiger partial charge in [0.15, 0.2) is 5.13 Å². The standard InChI is InChI=1S/C20H25N5O3S/c1-2-17(26)28-18(27)11-25-9-7-15(8-10-25)23-20-24-16(12-29-20)13-3-5-14(6-4-13)19(21)22/h3-6,12,15H,2,7-11H2,1H3,(H3,21,22)(H,23,24). The van der Waals surface area contributed by atoms with Crippen molar-refractivity contribution in [2.24, 2.45) is 5.73 Å². The molecular formula is C20H25N5O3S. The van der Waals surface area contributed by atoms with Crippen LogP contribution >= 0.6 is 11.3 Å². The van der Waals surface area contributed by atoms with E-state index < -0.39 is 11.9 Å². The van der Waals surface area contributed by atoms with Crippen molar-refractivity contribution in [1.29, 1.82) is 5.41 Å². The maximum atomic E-state index is 11.7. The quantitative estimate of drug-likeness (QED) is 0.275. The number of carbonyl (C=O) groups excluding carboxylic acids is 2. The Hall–Kier alpha value is -2.78. The molecule has 1 fully saturated rings. The molecule has 0 aliphatic carbocycles. The highest BCUT2D eigenvalue weighted by Gasteiger charge is 2.22. The first-order chi connectivity index (χ1) is 13.9. The van der Waals surface area contributed by atoms with Gasteiger partial charge in [-0.2, -0.15) is 0 Å². The number of aromatic nitrogens is 1. The number of thiazole rings is 1. The van der Waals surface area contributed by atoms with Crippen LogP contribution in [-0.2, 0) is 14.3 Å². The van der Waals surface area contributed by atoms with Crippen LogP contribution in [0.2, 0.25) is 0 Å². The van der Waals surface area contributed by atoms with Crippen molar-refractivity contribution in [3.8, 4) is 11.3 Å². The Kier molecular flexibility index (Phi) is 6.95. The van der Waals surface area contributed by atoms with Crippen LogP contribution in [0.1, 0.15) is 31.7 Å². The fraction of sp³-hybridized carbons (Fsp3) is 0.400. The second kappa shape index (κ2) is 9.62. The molecule has 0 bridgehead atoms. The van der Waals surface area contributed by atoms with Gasteiger partial charge in [0.1, 0.15) is 5.84 Å². The SMILES string of the molecule is CCC(=O)OC(=O)CN1CCC(Nc2nc(-c3ccc(C(=N)N)cc3)cs2)CC1. The Morgan fingerprint density at radius 1 is 1.28 bits per heavy atom. The molecule has 0 saturated carbocycles. The number of hydrogen-bond donors (Lipinski definition) is 3. The lowest BCUT2D eigenvalue weighted by molar-refractivity contribution is -0.160. The van der Waals surface area contributed by atoms with Crippen molar-refractivity contribution in [3.05, 3.63) is 35.2 Å². The molecule has 1 aromatic carbocycles. The predicted molar refractivity (Wildman–Crippen MR) is 113 cm³/mol. The second-order valence-corrected chi connectivity index (χ2v) is 7.78. The molecule has 3 rings (SSSR count). The van der Waals surface area contributed by atoms with Crippen molar-refractivity contribution in [3.63, 3.8) is 0 Å². The number of hydrogen-bond acceptors (Lipinski definition) is 8. The number of anilines is 1. The summed E-state index contributed by atoms with van der Waals surface area (Å²) in [5.41, 5.74) is 8.05. The van der Waals surface area contributed by atoms with Crippen LogP contribution in [-0.4, -0.2) is 53.3 Å². The number of carbonyl (C=O) groups is 2. The smallest absolute Gasteiger partial charge is 0.327 e. The van der Waals surface area contributed by atoms with Crippen LogP contribution in [0, 0.1) is 5.41 Å². The van der Waals surface area contributed by atoms with Gasteiger partial charge in [0.05, 0.1) is 12.2 Å². The van der Waals surface area contributed by atoms with E-state index in [1.54, 1.807) is 18.3 Å². The Bertz CT molecular complexity index is 872. The molecule has 4 N–H and O–H groups in total. The summed E-state index contributed by atoms with van der Waals surface area (Å²) in [6, 6.07) is 7.75. The Morgan fingerprint density at radius 2 is 1.97 bits per heavy atom. The van der Waals surface area contributed by atoms with Crippen LogP contribution in [0.5, 0.6) is 0 Å². The van der Waals surface area contributed by atoms with Gasteiger partial charge in [-0.3, -0.25) is 19.9 Å². The van der Waals surface area contributed by atoms with E-state index in [1.807, 2.05) is 34.5 Å². The number of benzene rings is 1. The molecule has 0 radical (unpaired) electrons. The zero-order chi connectivity index (χ0) is 20.8. The molecule has 154 valence electrons. The molecular weight excluding hydrogens is 390 g/mol. The first kappa shape index (κ1) is 20.9. The average Bonchev–Trinajstić information content (AvgIpc) is 3.18. The summed E-state index contributed by atoms with van der Waals surface area (Å²) >= 11 is 1.55. The van der Waals surface area contributed by atoms with Crippen molar-refractivity contribution in [2.45, 2.75) is 32.2 Å². The second-order valence-electron chi connectivity index (χ2n) is 6.92. The lowest BCUT2D eigenvalue weighted by Crippen LogP contribution is -2.42. The average molecular weight is 416 g/mol. The van der Waals surface area contributed by atoms with Crippen LogP contribution in [0.4, 0.5) is 5.13 Å². The van der Waals surface area contributed by atoms with Gasteiger partial charge in [-0.1, -0.05) is 31.2 Å². The van der Waals surface area contributed by atoms with E-state index in [9.17, 15) is 9.59 Å². The molecule has 0 unspecified atom stereocenters. The van der Waals surface area contributed by atoms with Gasteiger partial charge in [0, 0.05) is 42.1 Å². The minimum absolute atomic E-state index is 0.0498. The van der Waals surface area contributed by atoms with Gasteiger partial charge in [-0.05, 0) is 12.8 Å². The normalized spacial score (nSPS) is 15.1. The molecule has 1 aromatic heterocycles. The largest absolute Gasteiger partial charge is 0.392 e. The molecule has 1 aliphatic rings. The molecule has 29 heavy (non-hydrogen) atoms. The summed E-state index contributed by atoms with van der Waals surface area (Å²) < 4.78 is 4.73. The molecule has 0 atom stereocenters. The van der Waals surface area contributed by atoms with E-state index in [2.05, 4.69) is 10.3 Å². The molecule has 2 heterocycles. The van der Waals surface area contributed by atoms with Crippen LogP contribution in [0.15, 0.2) is 29.6 Å². The van der Waals surface area contributed by atoms with Gasteiger partial charge in [-0.15, -0.1) is 11.3 Å². The molecule has 0 amide bonds. The number of nitrogens with zero attached hydrogens (tertiary/aromatic N) is 2. The third-order valence-corrected chi connectivity index (χ3v) is 5.55. The van der Waals surface area contributed by atoms with E-state index in [1.165, 1.54) is 0 Å². The summed E-state index contributed by atoms with van der Waals surface area (Å²) in [4.78, 5) is 29.6. The van der Waals surface area contributed by atoms with E-state index in [-0.39, 0.29) is 18.8 Å². The third kappa shape index (κ3) is 5.85. The maximum absolute atomic E-state index is 11.7. The molecule has 2 aromatic rings. The minimum atomic E-state index is -0.484. The first-order valence-electron chi connectivity index (χ1n) is 9.57. The van der Waals surface area contributed by atoms with E-state index in [0.717, 1.165) is 42.3 Å². The van der Waals surface area contributed by atoms with Gasteiger partial charge in [0.25, 0.3) is 0 Å². The zero-order valence-corrected chi connectivity index (χ0v) is 17.1. The third-order valence-electron chi connectivity index (χ3n) is 4.78. The van der Waals surface area contributed by atoms with E-state index in [4.69, 9.17) is 15.9 Å². The summed E-state index contributed by atoms with van der Waals surface area (Å²) in [6.07, 6.45) is 1.98. The Morgan fingerprint density at radius 3 is 2.59 bits per heavy atom. The monoisotopic (exact) mass is 415 g/mol. The van der Waals surface area contributed by atoms with Gasteiger partial charge in [-0.25, -0.2) is 4.98 Å². The number of ether oxygens (including phenoxy) is 1. The molecule has 1 saturated heterocycles. The lowest BCUT2D eigenvalue weighted by atomic mass is 10.1. The van der Waals surface area contributed by atoms with Crippen molar-refractivity contribution >= 4 is 34.2 Å². The summed E-state index contributed by atoms with van der Waals surface area (Å²) in [5, 5.41) is 13.8. The molecule has 9 heteroatoms. The van der Waals surface area contributed by atoms with Crippen molar-refractivity contribution in [2.75, 3.05) is 25.0 Å². The topological polar surface area (TPSA) is 121 Å². The number of nitrogens with two attached hydrogens (primary N) is 1. The Labute approximate surface area is 173 Å². The summed E-state index contributed by atoms with van der Waals surface area (Å²) in [5.74, 6) is -0.917. The van der Waals surface area contributed by atoms with E-state index in [0.29, 0.717) is 11.6 Å². The van der Waals surface area contributed by atoms with Gasteiger partial charge < -0.3 is 15.8 Å². The highest BCUT2D eigenvalue weighted by Crippen LogP contribution is 2.27. The number of rotatable bonds is 7.